The molecular weight excluding hydrogens is 278 g/mol. The predicted octanol–water partition coefficient (Wildman–Crippen LogP) is 1.43. The van der Waals surface area contributed by atoms with Crippen molar-refractivity contribution in [3.05, 3.63) is 29.8 Å². The molecule has 0 spiro atoms. The Balaban J connectivity index is 2.23. The molecule has 1 aromatic carbocycles. The predicted molar refractivity (Wildman–Crippen MR) is 76.7 cm³/mol. The van der Waals surface area contributed by atoms with Gasteiger partial charge in [0, 0.05) is 18.3 Å². The second kappa shape index (κ2) is 5.75. The Morgan fingerprint density at radius 3 is 2.45 bits per heavy atom. The number of benzene rings is 1. The van der Waals surface area contributed by atoms with Gasteiger partial charge >= 0.3 is 0 Å². The van der Waals surface area contributed by atoms with Gasteiger partial charge in [-0.05, 0) is 37.1 Å². The highest BCUT2D eigenvalue weighted by Gasteiger charge is 2.35. The van der Waals surface area contributed by atoms with Crippen LogP contribution in [0.15, 0.2) is 24.3 Å². The van der Waals surface area contributed by atoms with Crippen molar-refractivity contribution < 1.29 is 18.0 Å². The van der Waals surface area contributed by atoms with Gasteiger partial charge in [0.25, 0.3) is 0 Å². The van der Waals surface area contributed by atoms with Gasteiger partial charge in [0.15, 0.2) is 15.6 Å². The highest BCUT2D eigenvalue weighted by molar-refractivity contribution is 7.92. The topological polar surface area (TPSA) is 71.5 Å². The second-order valence-corrected chi connectivity index (χ2v) is 7.28. The van der Waals surface area contributed by atoms with Crippen molar-refractivity contribution in [3.8, 4) is 0 Å². The highest BCUT2D eigenvalue weighted by atomic mass is 32.2. The average Bonchev–Trinajstić information content (AvgIpc) is 2.45. The summed E-state index contributed by atoms with van der Waals surface area (Å²) in [6.45, 7) is 0. The van der Waals surface area contributed by atoms with Crippen molar-refractivity contribution in [1.82, 2.24) is 0 Å². The molecule has 20 heavy (non-hydrogen) atoms. The van der Waals surface area contributed by atoms with Gasteiger partial charge in [-0.25, -0.2) is 8.42 Å². The number of hydrogen-bond donors (Lipinski definition) is 0. The summed E-state index contributed by atoms with van der Waals surface area (Å²) in [6, 6.07) is 6.41. The third kappa shape index (κ3) is 2.90. The molecule has 1 aromatic rings. The van der Waals surface area contributed by atoms with Crippen LogP contribution in [0.4, 0.5) is 5.69 Å². The SMILES string of the molecule is CN(C=O)c1ccc(C(=O)C2CCCCS2(=O)=O)cc1. The van der Waals surface area contributed by atoms with Crippen LogP contribution >= 0.6 is 0 Å². The molecular formula is C14H17NO4S. The van der Waals surface area contributed by atoms with Gasteiger partial charge in [0.2, 0.25) is 6.41 Å². The molecule has 1 saturated heterocycles. The van der Waals surface area contributed by atoms with Crippen LogP contribution in [0, 0.1) is 0 Å². The van der Waals surface area contributed by atoms with Gasteiger partial charge in [-0.2, -0.15) is 0 Å². The van der Waals surface area contributed by atoms with E-state index in [0.717, 1.165) is 6.42 Å². The third-order valence-electron chi connectivity index (χ3n) is 3.59. The second-order valence-electron chi connectivity index (χ2n) is 4.98. The van der Waals surface area contributed by atoms with Gasteiger partial charge < -0.3 is 4.90 Å². The summed E-state index contributed by atoms with van der Waals surface area (Å²) in [6.07, 6.45) is 2.47. The highest BCUT2D eigenvalue weighted by Crippen LogP contribution is 2.24. The molecule has 0 saturated carbocycles. The molecule has 0 bridgehead atoms. The number of sulfone groups is 1. The summed E-state index contributed by atoms with van der Waals surface area (Å²) in [4.78, 5) is 24.3. The zero-order valence-corrected chi connectivity index (χ0v) is 12.1. The number of hydrogen-bond acceptors (Lipinski definition) is 4. The maximum Gasteiger partial charge on any atom is 0.213 e. The molecule has 5 nitrogen and oxygen atoms in total. The van der Waals surface area contributed by atoms with Crippen molar-refractivity contribution in [2.24, 2.45) is 0 Å². The first-order valence-electron chi connectivity index (χ1n) is 6.49. The van der Waals surface area contributed by atoms with E-state index in [1.54, 1.807) is 31.3 Å². The molecule has 1 unspecified atom stereocenters. The third-order valence-corrected chi connectivity index (χ3v) is 5.76. The van der Waals surface area contributed by atoms with Gasteiger partial charge in [-0.1, -0.05) is 6.42 Å². The Kier molecular flexibility index (Phi) is 4.23. The molecule has 6 heteroatoms. The minimum Gasteiger partial charge on any atom is -0.318 e. The van der Waals surface area contributed by atoms with E-state index in [1.165, 1.54) is 4.90 Å². The summed E-state index contributed by atoms with van der Waals surface area (Å²) in [7, 11) is -1.71. The van der Waals surface area contributed by atoms with Crippen LogP contribution in [0.25, 0.3) is 0 Å². The lowest BCUT2D eigenvalue weighted by atomic mass is 10.0. The molecule has 2 rings (SSSR count). The van der Waals surface area contributed by atoms with Crippen molar-refractivity contribution in [2.75, 3.05) is 17.7 Å². The van der Waals surface area contributed by atoms with Crippen LogP contribution in [0.2, 0.25) is 0 Å². The lowest BCUT2D eigenvalue weighted by Gasteiger charge is -2.21. The van der Waals surface area contributed by atoms with Gasteiger partial charge in [0.05, 0.1) is 5.75 Å². The monoisotopic (exact) mass is 295 g/mol. The minimum atomic E-state index is -3.32. The lowest BCUT2D eigenvalue weighted by molar-refractivity contribution is -0.107. The normalized spacial score (nSPS) is 21.1. The molecule has 0 aliphatic carbocycles. The number of nitrogens with zero attached hydrogens (tertiary/aromatic N) is 1. The van der Waals surface area contributed by atoms with Crippen LogP contribution in [0.3, 0.4) is 0 Å². The Morgan fingerprint density at radius 2 is 1.90 bits per heavy atom. The van der Waals surface area contributed by atoms with Crippen molar-refractivity contribution >= 4 is 27.7 Å². The number of carbonyl (C=O) groups excluding carboxylic acids is 2. The minimum absolute atomic E-state index is 0.0926. The molecule has 108 valence electrons. The fraction of sp³-hybridized carbons (Fsp3) is 0.429. The Hall–Kier alpha value is -1.69. The summed E-state index contributed by atoms with van der Waals surface area (Å²) in [5.74, 6) is -0.250. The number of rotatable bonds is 4. The molecule has 1 heterocycles. The summed E-state index contributed by atoms with van der Waals surface area (Å²) in [5, 5.41) is -0.911. The zero-order valence-electron chi connectivity index (χ0n) is 11.3. The Morgan fingerprint density at radius 1 is 1.25 bits per heavy atom. The zero-order chi connectivity index (χ0) is 14.8. The summed E-state index contributed by atoms with van der Waals surface area (Å²) in [5.41, 5.74) is 1.03. The van der Waals surface area contributed by atoms with Crippen LogP contribution in [0.5, 0.6) is 0 Å². The van der Waals surface area contributed by atoms with Crippen molar-refractivity contribution in [2.45, 2.75) is 24.5 Å². The molecule has 1 aliphatic heterocycles. The van der Waals surface area contributed by atoms with Gasteiger partial charge in [-0.15, -0.1) is 0 Å². The fourth-order valence-corrected chi connectivity index (χ4v) is 4.24. The Labute approximate surface area is 118 Å². The first-order valence-corrected chi connectivity index (χ1v) is 8.21. The van der Waals surface area contributed by atoms with E-state index in [4.69, 9.17) is 0 Å². The van der Waals surface area contributed by atoms with E-state index in [1.807, 2.05) is 0 Å². The average molecular weight is 295 g/mol. The molecule has 1 amide bonds. The summed E-state index contributed by atoms with van der Waals surface area (Å²) < 4.78 is 23.9. The smallest absolute Gasteiger partial charge is 0.213 e. The molecule has 0 radical (unpaired) electrons. The molecule has 1 fully saturated rings. The van der Waals surface area contributed by atoms with Crippen LogP contribution < -0.4 is 4.90 Å². The fourth-order valence-electron chi connectivity index (χ4n) is 2.36. The van der Waals surface area contributed by atoms with E-state index in [0.29, 0.717) is 30.5 Å². The summed E-state index contributed by atoms with van der Waals surface area (Å²) >= 11 is 0. The standard InChI is InChI=1S/C14H17NO4S/c1-15(10-16)12-7-5-11(6-8-12)14(17)13-4-2-3-9-20(13,18)19/h5-8,10,13H,2-4,9H2,1H3. The van der Waals surface area contributed by atoms with Crippen LogP contribution in [-0.4, -0.2) is 38.7 Å². The van der Waals surface area contributed by atoms with Crippen molar-refractivity contribution in [3.63, 3.8) is 0 Å². The number of carbonyl (C=O) groups is 2. The van der Waals surface area contributed by atoms with E-state index in [2.05, 4.69) is 0 Å². The first-order chi connectivity index (χ1) is 9.45. The molecule has 1 atom stereocenters. The van der Waals surface area contributed by atoms with Crippen molar-refractivity contribution in [1.29, 1.82) is 0 Å². The molecule has 1 aliphatic rings. The van der Waals surface area contributed by atoms with E-state index in [9.17, 15) is 18.0 Å². The number of amides is 1. The number of anilines is 1. The maximum atomic E-state index is 12.3. The van der Waals surface area contributed by atoms with E-state index in [-0.39, 0.29) is 11.5 Å². The van der Waals surface area contributed by atoms with E-state index >= 15 is 0 Å². The van der Waals surface area contributed by atoms with Crippen LogP contribution in [0.1, 0.15) is 29.6 Å². The largest absolute Gasteiger partial charge is 0.318 e. The van der Waals surface area contributed by atoms with Crippen LogP contribution in [-0.2, 0) is 14.6 Å². The van der Waals surface area contributed by atoms with Gasteiger partial charge in [-0.3, -0.25) is 9.59 Å². The molecule has 0 N–H and O–H groups in total. The number of ketones is 1. The number of Topliss-reactive ketones (excluding diaryl/α,β-unsaturated/α-hetero) is 1. The Bertz CT molecular complexity index is 607. The van der Waals surface area contributed by atoms with Gasteiger partial charge in [0.1, 0.15) is 5.25 Å². The first kappa shape index (κ1) is 14.7. The quantitative estimate of drug-likeness (QED) is 0.622. The van der Waals surface area contributed by atoms with E-state index < -0.39 is 15.1 Å². The lowest BCUT2D eigenvalue weighted by Crippen LogP contribution is -2.35. The maximum absolute atomic E-state index is 12.3. The molecule has 0 aromatic heterocycles.